The van der Waals surface area contributed by atoms with Gasteiger partial charge in [0.1, 0.15) is 5.69 Å². The van der Waals surface area contributed by atoms with Crippen molar-refractivity contribution in [2.45, 2.75) is 26.7 Å². The first-order valence-corrected chi connectivity index (χ1v) is 6.11. The third kappa shape index (κ3) is 2.42. The molecule has 0 saturated heterocycles. The van der Waals surface area contributed by atoms with E-state index in [9.17, 15) is 8.78 Å². The van der Waals surface area contributed by atoms with Crippen LogP contribution in [-0.4, -0.2) is 11.5 Å². The molecule has 0 bridgehead atoms. The van der Waals surface area contributed by atoms with Gasteiger partial charge in [-0.1, -0.05) is 13.0 Å². The van der Waals surface area contributed by atoms with Crippen LogP contribution in [0.1, 0.15) is 31.5 Å². The Morgan fingerprint density at radius 3 is 2.61 bits per heavy atom. The van der Waals surface area contributed by atoms with Crippen molar-refractivity contribution in [3.8, 4) is 0 Å². The van der Waals surface area contributed by atoms with Crippen LogP contribution in [0.25, 0.3) is 10.9 Å². The number of rotatable bonds is 4. The smallest absolute Gasteiger partial charge is 0.280 e. The quantitative estimate of drug-likeness (QED) is 0.881. The summed E-state index contributed by atoms with van der Waals surface area (Å²) >= 11 is 0. The topological polar surface area (TPSA) is 24.9 Å². The van der Waals surface area contributed by atoms with E-state index in [0.29, 0.717) is 12.1 Å². The summed E-state index contributed by atoms with van der Waals surface area (Å²) in [5.41, 5.74) is 2.34. The van der Waals surface area contributed by atoms with Crippen LogP contribution in [0.2, 0.25) is 0 Å². The highest BCUT2D eigenvalue weighted by Crippen LogP contribution is 2.28. The van der Waals surface area contributed by atoms with Gasteiger partial charge in [0.05, 0.1) is 5.52 Å². The molecule has 1 heterocycles. The predicted octanol–water partition coefficient (Wildman–Crippen LogP) is 4.17. The molecule has 0 aliphatic rings. The molecule has 0 amide bonds. The van der Waals surface area contributed by atoms with Crippen molar-refractivity contribution in [2.75, 3.05) is 11.9 Å². The molecule has 0 spiro atoms. The maximum absolute atomic E-state index is 12.8. The molecule has 1 aromatic carbocycles. The second kappa shape index (κ2) is 5.29. The van der Waals surface area contributed by atoms with Gasteiger partial charge in [0.15, 0.2) is 0 Å². The van der Waals surface area contributed by atoms with Crippen LogP contribution in [0.3, 0.4) is 0 Å². The lowest BCUT2D eigenvalue weighted by Crippen LogP contribution is -2.01. The first-order valence-electron chi connectivity index (χ1n) is 6.11. The average Bonchev–Trinajstić information content (AvgIpc) is 2.38. The third-order valence-corrected chi connectivity index (χ3v) is 2.89. The van der Waals surface area contributed by atoms with Crippen LogP contribution >= 0.6 is 0 Å². The van der Waals surface area contributed by atoms with Gasteiger partial charge in [-0.25, -0.2) is 13.8 Å². The van der Waals surface area contributed by atoms with Crippen molar-refractivity contribution >= 4 is 16.6 Å². The van der Waals surface area contributed by atoms with Crippen molar-refractivity contribution in [1.29, 1.82) is 0 Å². The lowest BCUT2D eigenvalue weighted by Gasteiger charge is -2.11. The SMILES string of the molecule is CCNc1cc(C(F)F)nc2ccc(CC)cc12. The van der Waals surface area contributed by atoms with Gasteiger partial charge in [-0.05, 0) is 37.1 Å². The largest absolute Gasteiger partial charge is 0.385 e. The Morgan fingerprint density at radius 1 is 1.22 bits per heavy atom. The fraction of sp³-hybridized carbons (Fsp3) is 0.357. The number of aryl methyl sites for hydroxylation is 1. The van der Waals surface area contributed by atoms with E-state index in [2.05, 4.69) is 17.2 Å². The fourth-order valence-electron chi connectivity index (χ4n) is 1.96. The molecular weight excluding hydrogens is 234 g/mol. The summed E-state index contributed by atoms with van der Waals surface area (Å²) in [7, 11) is 0. The molecule has 1 aromatic heterocycles. The Balaban J connectivity index is 2.64. The lowest BCUT2D eigenvalue weighted by molar-refractivity contribution is 0.146. The van der Waals surface area contributed by atoms with E-state index >= 15 is 0 Å². The van der Waals surface area contributed by atoms with Crippen molar-refractivity contribution in [1.82, 2.24) is 4.98 Å². The number of nitrogens with one attached hydrogen (secondary N) is 1. The number of fused-ring (bicyclic) bond motifs is 1. The molecular formula is C14H16F2N2. The van der Waals surface area contributed by atoms with Crippen molar-refractivity contribution in [2.24, 2.45) is 0 Å². The zero-order valence-electron chi connectivity index (χ0n) is 10.5. The van der Waals surface area contributed by atoms with Crippen LogP contribution in [0.4, 0.5) is 14.5 Å². The van der Waals surface area contributed by atoms with Crippen molar-refractivity contribution in [3.63, 3.8) is 0 Å². The van der Waals surface area contributed by atoms with E-state index in [1.807, 2.05) is 19.1 Å². The molecule has 1 N–H and O–H groups in total. The molecule has 0 aliphatic heterocycles. The summed E-state index contributed by atoms with van der Waals surface area (Å²) in [6.45, 7) is 4.70. The Morgan fingerprint density at radius 2 is 2.00 bits per heavy atom. The van der Waals surface area contributed by atoms with Crippen LogP contribution in [0, 0.1) is 0 Å². The number of halogens is 2. The summed E-state index contributed by atoms with van der Waals surface area (Å²) in [4.78, 5) is 4.00. The van der Waals surface area contributed by atoms with Gasteiger partial charge >= 0.3 is 0 Å². The summed E-state index contributed by atoms with van der Waals surface area (Å²) in [5.74, 6) is 0. The maximum Gasteiger partial charge on any atom is 0.280 e. The van der Waals surface area contributed by atoms with Crippen LogP contribution in [-0.2, 0) is 6.42 Å². The Bertz CT molecular complexity index is 553. The molecule has 0 atom stereocenters. The van der Waals surface area contributed by atoms with Gasteiger partial charge in [0, 0.05) is 17.6 Å². The number of aromatic nitrogens is 1. The van der Waals surface area contributed by atoms with Crippen molar-refractivity contribution in [3.05, 3.63) is 35.5 Å². The standard InChI is InChI=1S/C14H16F2N2/c1-3-9-5-6-11-10(7-9)12(17-4-2)8-13(18-11)14(15)16/h5-8,14H,3-4H2,1-2H3,(H,17,18). The minimum atomic E-state index is -2.54. The molecule has 2 nitrogen and oxygen atoms in total. The van der Waals surface area contributed by atoms with Gasteiger partial charge < -0.3 is 5.32 Å². The number of hydrogen-bond donors (Lipinski definition) is 1. The minimum absolute atomic E-state index is 0.178. The molecule has 18 heavy (non-hydrogen) atoms. The number of benzene rings is 1. The summed E-state index contributed by atoms with van der Waals surface area (Å²) in [5, 5.41) is 4.03. The van der Waals surface area contributed by atoms with Crippen molar-refractivity contribution < 1.29 is 8.78 Å². The molecule has 2 rings (SSSR count). The molecule has 0 unspecified atom stereocenters. The molecule has 0 radical (unpaired) electrons. The van der Waals surface area contributed by atoms with Gasteiger partial charge in [0.2, 0.25) is 0 Å². The summed E-state index contributed by atoms with van der Waals surface area (Å²) in [6, 6.07) is 7.19. The number of hydrogen-bond acceptors (Lipinski definition) is 2. The molecule has 0 saturated carbocycles. The van der Waals surface area contributed by atoms with Gasteiger partial charge in [-0.15, -0.1) is 0 Å². The van der Waals surface area contributed by atoms with Crippen LogP contribution in [0.5, 0.6) is 0 Å². The summed E-state index contributed by atoms with van der Waals surface area (Å²) in [6.07, 6.45) is -1.63. The highest BCUT2D eigenvalue weighted by molar-refractivity contribution is 5.92. The number of nitrogens with zero attached hydrogens (tertiary/aromatic N) is 1. The highest BCUT2D eigenvalue weighted by Gasteiger charge is 2.13. The van der Waals surface area contributed by atoms with Gasteiger partial charge in [0.25, 0.3) is 6.43 Å². The van der Waals surface area contributed by atoms with Gasteiger partial charge in [-0.3, -0.25) is 0 Å². The number of alkyl halides is 2. The van der Waals surface area contributed by atoms with E-state index in [4.69, 9.17) is 0 Å². The average molecular weight is 250 g/mol. The zero-order chi connectivity index (χ0) is 13.1. The predicted molar refractivity (Wildman–Crippen MR) is 70.2 cm³/mol. The van der Waals surface area contributed by atoms with E-state index < -0.39 is 6.43 Å². The second-order valence-electron chi connectivity index (χ2n) is 4.13. The summed E-state index contributed by atoms with van der Waals surface area (Å²) < 4.78 is 25.5. The zero-order valence-corrected chi connectivity index (χ0v) is 10.5. The minimum Gasteiger partial charge on any atom is -0.385 e. The highest BCUT2D eigenvalue weighted by atomic mass is 19.3. The molecule has 0 fully saturated rings. The maximum atomic E-state index is 12.8. The van der Waals surface area contributed by atoms with Crippen LogP contribution in [0.15, 0.2) is 24.3 Å². The lowest BCUT2D eigenvalue weighted by atomic mass is 10.1. The van der Waals surface area contributed by atoms with E-state index in [1.54, 1.807) is 6.07 Å². The molecule has 96 valence electrons. The van der Waals surface area contributed by atoms with Gasteiger partial charge in [-0.2, -0.15) is 0 Å². The number of pyridine rings is 1. The van der Waals surface area contributed by atoms with E-state index in [0.717, 1.165) is 17.5 Å². The monoisotopic (exact) mass is 250 g/mol. The molecule has 4 heteroatoms. The van der Waals surface area contributed by atoms with E-state index in [1.165, 1.54) is 11.6 Å². The van der Waals surface area contributed by atoms with Crippen LogP contribution < -0.4 is 5.32 Å². The second-order valence-corrected chi connectivity index (χ2v) is 4.13. The Hall–Kier alpha value is -1.71. The fourth-order valence-corrected chi connectivity index (χ4v) is 1.96. The molecule has 2 aromatic rings. The molecule has 0 aliphatic carbocycles. The van der Waals surface area contributed by atoms with E-state index in [-0.39, 0.29) is 5.69 Å². The normalized spacial score (nSPS) is 11.2. The Labute approximate surface area is 105 Å². The number of anilines is 1. The third-order valence-electron chi connectivity index (χ3n) is 2.89. The first-order chi connectivity index (χ1) is 8.65. The Kier molecular flexibility index (Phi) is 3.75. The first kappa shape index (κ1) is 12.7.